The Morgan fingerprint density at radius 3 is 2.26 bits per heavy atom. The number of hydrogen-bond acceptors (Lipinski definition) is 4. The zero-order valence-corrected chi connectivity index (χ0v) is 19.1. The molecule has 0 aliphatic carbocycles. The molecule has 0 aliphatic heterocycles. The summed E-state index contributed by atoms with van der Waals surface area (Å²) < 4.78 is 32.9. The molecule has 3 aromatic rings. The van der Waals surface area contributed by atoms with Gasteiger partial charge >= 0.3 is 0 Å². The summed E-state index contributed by atoms with van der Waals surface area (Å²) in [5.41, 5.74) is 1.53. The van der Waals surface area contributed by atoms with Crippen molar-refractivity contribution >= 4 is 50.5 Å². The molecule has 0 aliphatic rings. The van der Waals surface area contributed by atoms with Gasteiger partial charge in [0.25, 0.3) is 10.0 Å². The van der Waals surface area contributed by atoms with Crippen molar-refractivity contribution in [3.05, 3.63) is 82.3 Å². The number of hydrogen-bond donors (Lipinski definition) is 1. The third-order valence-electron chi connectivity index (χ3n) is 4.46. The number of rotatable bonds is 7. The Morgan fingerprint density at radius 1 is 1.00 bits per heavy atom. The van der Waals surface area contributed by atoms with Crippen LogP contribution in [0.2, 0.25) is 10.0 Å². The average molecular weight is 479 g/mol. The molecule has 0 fully saturated rings. The van der Waals surface area contributed by atoms with Crippen LogP contribution in [-0.4, -0.2) is 28.0 Å². The lowest BCUT2D eigenvalue weighted by Crippen LogP contribution is -2.38. The van der Waals surface area contributed by atoms with Crippen molar-refractivity contribution in [2.24, 2.45) is 0 Å². The fourth-order valence-electron chi connectivity index (χ4n) is 2.81. The SMILES string of the molecule is COc1ccc(N(CC(=O)Nc2cc(Cl)ccc2Cl)S(=O)(=O)c2ccc(C)cc2)cc1. The van der Waals surface area contributed by atoms with E-state index >= 15 is 0 Å². The molecule has 3 aromatic carbocycles. The number of methoxy groups -OCH3 is 1. The van der Waals surface area contributed by atoms with E-state index in [1.54, 1.807) is 48.5 Å². The van der Waals surface area contributed by atoms with Crippen LogP contribution in [-0.2, 0) is 14.8 Å². The number of sulfonamides is 1. The number of anilines is 2. The van der Waals surface area contributed by atoms with Crippen molar-refractivity contribution in [2.45, 2.75) is 11.8 Å². The van der Waals surface area contributed by atoms with Crippen LogP contribution in [0.1, 0.15) is 5.56 Å². The van der Waals surface area contributed by atoms with Gasteiger partial charge in [0.15, 0.2) is 0 Å². The average Bonchev–Trinajstić information content (AvgIpc) is 2.75. The first kappa shape index (κ1) is 22.9. The number of ether oxygens (including phenoxy) is 1. The van der Waals surface area contributed by atoms with Gasteiger partial charge in [0.2, 0.25) is 5.91 Å². The second-order valence-electron chi connectivity index (χ2n) is 6.70. The molecule has 0 radical (unpaired) electrons. The molecular weight excluding hydrogens is 459 g/mol. The number of benzene rings is 3. The van der Waals surface area contributed by atoms with Crippen molar-refractivity contribution in [2.75, 3.05) is 23.3 Å². The summed E-state index contributed by atoms with van der Waals surface area (Å²) in [6, 6.07) is 17.4. The van der Waals surface area contributed by atoms with Gasteiger partial charge in [-0.2, -0.15) is 0 Å². The zero-order chi connectivity index (χ0) is 22.6. The number of halogens is 2. The molecule has 0 atom stereocenters. The van der Waals surface area contributed by atoms with Gasteiger partial charge in [0.05, 0.1) is 28.4 Å². The molecule has 9 heteroatoms. The number of amides is 1. The van der Waals surface area contributed by atoms with Gasteiger partial charge in [-0.3, -0.25) is 9.10 Å². The lowest BCUT2D eigenvalue weighted by molar-refractivity contribution is -0.114. The van der Waals surface area contributed by atoms with Gasteiger partial charge < -0.3 is 10.1 Å². The number of aryl methyl sites for hydroxylation is 1. The summed E-state index contributed by atoms with van der Waals surface area (Å²) in [5, 5.41) is 3.30. The van der Waals surface area contributed by atoms with Crippen LogP contribution in [0.15, 0.2) is 71.6 Å². The number of carbonyl (C=O) groups excluding carboxylic acids is 1. The van der Waals surface area contributed by atoms with Gasteiger partial charge in [-0.1, -0.05) is 40.9 Å². The highest BCUT2D eigenvalue weighted by molar-refractivity contribution is 7.92. The van der Waals surface area contributed by atoms with Crippen molar-refractivity contribution in [1.29, 1.82) is 0 Å². The van der Waals surface area contributed by atoms with Crippen LogP contribution >= 0.6 is 23.2 Å². The second-order valence-corrected chi connectivity index (χ2v) is 9.40. The fraction of sp³-hybridized carbons (Fsp3) is 0.136. The lowest BCUT2D eigenvalue weighted by atomic mass is 10.2. The van der Waals surface area contributed by atoms with Gasteiger partial charge in [-0.25, -0.2) is 8.42 Å². The third kappa shape index (κ3) is 5.50. The van der Waals surface area contributed by atoms with E-state index in [9.17, 15) is 13.2 Å². The Bertz CT molecular complexity index is 1180. The number of nitrogens with zero attached hydrogens (tertiary/aromatic N) is 1. The first-order chi connectivity index (χ1) is 14.7. The third-order valence-corrected chi connectivity index (χ3v) is 6.81. The van der Waals surface area contributed by atoms with E-state index in [0.717, 1.165) is 9.87 Å². The molecule has 0 spiro atoms. The van der Waals surface area contributed by atoms with E-state index in [1.807, 2.05) is 6.92 Å². The molecule has 6 nitrogen and oxygen atoms in total. The molecule has 0 bridgehead atoms. The van der Waals surface area contributed by atoms with E-state index in [0.29, 0.717) is 22.1 Å². The minimum atomic E-state index is -4.02. The molecule has 1 amide bonds. The minimum absolute atomic E-state index is 0.0718. The van der Waals surface area contributed by atoms with E-state index in [4.69, 9.17) is 27.9 Å². The van der Waals surface area contributed by atoms with Crippen LogP contribution in [0.3, 0.4) is 0 Å². The van der Waals surface area contributed by atoms with Crippen LogP contribution in [0, 0.1) is 6.92 Å². The highest BCUT2D eigenvalue weighted by Gasteiger charge is 2.27. The standard InChI is InChI=1S/C22H20Cl2N2O4S/c1-15-3-10-19(11-4-15)31(28,29)26(17-6-8-18(30-2)9-7-17)14-22(27)25-21-13-16(23)5-12-20(21)24/h3-13H,14H2,1-2H3,(H,25,27). The van der Waals surface area contributed by atoms with E-state index in [1.165, 1.54) is 25.3 Å². The van der Waals surface area contributed by atoms with E-state index < -0.39 is 22.5 Å². The van der Waals surface area contributed by atoms with Crippen LogP contribution in [0.5, 0.6) is 5.75 Å². The molecule has 0 heterocycles. The monoisotopic (exact) mass is 478 g/mol. The highest BCUT2D eigenvalue weighted by atomic mass is 35.5. The maximum Gasteiger partial charge on any atom is 0.264 e. The summed E-state index contributed by atoms with van der Waals surface area (Å²) >= 11 is 12.1. The Balaban J connectivity index is 1.96. The quantitative estimate of drug-likeness (QED) is 0.509. The van der Waals surface area contributed by atoms with Gasteiger partial charge in [0.1, 0.15) is 12.3 Å². The summed E-state index contributed by atoms with van der Waals surface area (Å²) in [5.74, 6) is -0.0118. The molecule has 0 aromatic heterocycles. The van der Waals surface area contributed by atoms with Crippen LogP contribution in [0.4, 0.5) is 11.4 Å². The smallest absolute Gasteiger partial charge is 0.264 e. The molecule has 31 heavy (non-hydrogen) atoms. The first-order valence-electron chi connectivity index (χ1n) is 9.19. The van der Waals surface area contributed by atoms with E-state index in [2.05, 4.69) is 5.32 Å². The summed E-state index contributed by atoms with van der Waals surface area (Å²) in [4.78, 5) is 12.8. The minimum Gasteiger partial charge on any atom is -0.497 e. The number of carbonyl (C=O) groups is 1. The first-order valence-corrected chi connectivity index (χ1v) is 11.4. The molecule has 0 saturated heterocycles. The Morgan fingerprint density at radius 2 is 1.65 bits per heavy atom. The largest absolute Gasteiger partial charge is 0.497 e. The van der Waals surface area contributed by atoms with Gasteiger partial charge in [0, 0.05) is 5.02 Å². The predicted octanol–water partition coefficient (Wildman–Crippen LogP) is 5.14. The fourth-order valence-corrected chi connectivity index (χ4v) is 4.57. The highest BCUT2D eigenvalue weighted by Crippen LogP contribution is 2.28. The zero-order valence-electron chi connectivity index (χ0n) is 16.8. The van der Waals surface area contributed by atoms with Gasteiger partial charge in [-0.15, -0.1) is 0 Å². The Kier molecular flexibility index (Phi) is 7.10. The molecular formula is C22H20Cl2N2O4S. The summed E-state index contributed by atoms with van der Waals surface area (Å²) in [6.45, 7) is 1.39. The molecule has 3 rings (SSSR count). The summed E-state index contributed by atoms with van der Waals surface area (Å²) in [7, 11) is -2.51. The topological polar surface area (TPSA) is 75.7 Å². The van der Waals surface area contributed by atoms with Gasteiger partial charge in [-0.05, 0) is 61.5 Å². The lowest BCUT2D eigenvalue weighted by Gasteiger charge is -2.24. The summed E-state index contributed by atoms with van der Waals surface area (Å²) in [6.07, 6.45) is 0. The molecule has 162 valence electrons. The van der Waals surface area contributed by atoms with E-state index in [-0.39, 0.29) is 9.92 Å². The normalized spacial score (nSPS) is 11.1. The molecule has 0 saturated carbocycles. The van der Waals surface area contributed by atoms with Crippen molar-refractivity contribution in [3.8, 4) is 5.75 Å². The molecule has 0 unspecified atom stereocenters. The van der Waals surface area contributed by atoms with Crippen molar-refractivity contribution in [1.82, 2.24) is 0 Å². The second kappa shape index (κ2) is 9.60. The van der Waals surface area contributed by atoms with Crippen molar-refractivity contribution < 1.29 is 17.9 Å². The van der Waals surface area contributed by atoms with Crippen LogP contribution < -0.4 is 14.4 Å². The van der Waals surface area contributed by atoms with Crippen LogP contribution in [0.25, 0.3) is 0 Å². The van der Waals surface area contributed by atoms with Crippen molar-refractivity contribution in [3.63, 3.8) is 0 Å². The predicted molar refractivity (Wildman–Crippen MR) is 124 cm³/mol. The molecule has 1 N–H and O–H groups in total. The Labute approximate surface area is 191 Å². The number of nitrogens with one attached hydrogen (secondary N) is 1. The maximum absolute atomic E-state index is 13.4. The maximum atomic E-state index is 13.4. The Hall–Kier alpha value is -2.74.